The number of carbonyl (C=O) groups is 2. The second-order valence-corrected chi connectivity index (χ2v) is 14.7. The van der Waals surface area contributed by atoms with Crippen LogP contribution < -0.4 is 14.8 Å². The molecule has 2 aliphatic rings. The van der Waals surface area contributed by atoms with E-state index in [-0.39, 0.29) is 36.9 Å². The average molecular weight is 642 g/mol. The number of aryl methyl sites for hydroxylation is 2. The SMILES string of the molecule is COCCCCC1(CNC(=O)[C@H]2C[C@@H](NS(=O)(=O)c3cc(C)sc3C)CN(C(=O)O)C2)c2ccccc2Oc2ccccc21. The number of carbonyl (C=O) groups excluding carboxylic acids is 1. The number of methoxy groups -OCH3 is 1. The molecular formula is C32H39N3O7S2. The summed E-state index contributed by atoms with van der Waals surface area (Å²) in [5, 5.41) is 13.0. The molecule has 2 aromatic carbocycles. The summed E-state index contributed by atoms with van der Waals surface area (Å²) in [6.45, 7) is 4.41. The molecule has 2 aliphatic heterocycles. The third kappa shape index (κ3) is 6.63. The molecule has 2 atom stereocenters. The van der Waals surface area contributed by atoms with Crippen LogP contribution in [0.2, 0.25) is 0 Å². The summed E-state index contributed by atoms with van der Waals surface area (Å²) in [6.07, 6.45) is 1.39. The Balaban J connectivity index is 1.39. The number of thiophene rings is 1. The molecule has 0 unspecified atom stereocenters. The normalized spacial score (nSPS) is 19.0. The van der Waals surface area contributed by atoms with Crippen LogP contribution in [0.15, 0.2) is 59.5 Å². The number of rotatable bonds is 11. The highest BCUT2D eigenvalue weighted by atomic mass is 32.2. The lowest BCUT2D eigenvalue weighted by atomic mass is 9.69. The second kappa shape index (κ2) is 13.3. The number of hydrogen-bond donors (Lipinski definition) is 3. The highest BCUT2D eigenvalue weighted by molar-refractivity contribution is 7.89. The first-order valence-electron chi connectivity index (χ1n) is 14.7. The molecule has 1 fully saturated rings. The van der Waals surface area contributed by atoms with E-state index >= 15 is 0 Å². The number of likely N-dealkylation sites (tertiary alicyclic amines) is 1. The highest BCUT2D eigenvalue weighted by Gasteiger charge is 2.43. The number of amides is 2. The highest BCUT2D eigenvalue weighted by Crippen LogP contribution is 2.50. The smallest absolute Gasteiger partial charge is 0.407 e. The van der Waals surface area contributed by atoms with Crippen molar-refractivity contribution in [2.45, 2.75) is 55.9 Å². The molecule has 0 spiro atoms. The lowest BCUT2D eigenvalue weighted by Gasteiger charge is -2.41. The summed E-state index contributed by atoms with van der Waals surface area (Å²) in [7, 11) is -2.23. The summed E-state index contributed by atoms with van der Waals surface area (Å²) in [4.78, 5) is 28.7. The molecule has 3 aromatic rings. The third-order valence-corrected chi connectivity index (χ3v) is 11.2. The summed E-state index contributed by atoms with van der Waals surface area (Å²) in [5.74, 6) is 0.403. The molecule has 0 saturated carbocycles. The van der Waals surface area contributed by atoms with Gasteiger partial charge >= 0.3 is 6.09 Å². The van der Waals surface area contributed by atoms with Crippen LogP contribution in [-0.4, -0.2) is 69.8 Å². The number of nitrogens with zero attached hydrogens (tertiary/aromatic N) is 1. The number of hydrogen-bond acceptors (Lipinski definition) is 7. The number of fused-ring (bicyclic) bond motifs is 2. The maximum Gasteiger partial charge on any atom is 0.407 e. The zero-order valence-electron chi connectivity index (χ0n) is 25.2. The molecule has 0 bridgehead atoms. The van der Waals surface area contributed by atoms with Crippen molar-refractivity contribution in [2.24, 2.45) is 5.92 Å². The van der Waals surface area contributed by atoms with Crippen LogP contribution in [-0.2, 0) is 25.0 Å². The quantitative estimate of drug-likeness (QED) is 0.250. The topological polar surface area (TPSA) is 134 Å². The first kappa shape index (κ1) is 32.0. The van der Waals surface area contributed by atoms with Gasteiger partial charge in [0.25, 0.3) is 0 Å². The number of benzene rings is 2. The van der Waals surface area contributed by atoms with Gasteiger partial charge in [0.05, 0.1) is 10.8 Å². The summed E-state index contributed by atoms with van der Waals surface area (Å²) < 4.78 is 40.7. The molecule has 44 heavy (non-hydrogen) atoms. The largest absolute Gasteiger partial charge is 0.465 e. The standard InChI is InChI=1S/C32H39N3O7S2/c1-21-16-29(22(2)43-21)44(39,40)34-24-17-23(18-35(19-24)31(37)38)30(36)33-20-32(14-8-9-15-41-3)25-10-4-6-12-27(25)42-28-13-7-5-11-26(28)32/h4-7,10-13,16,23-24,34H,8-9,14-15,17-20H2,1-3H3,(H,33,36)(H,37,38)/t23-,24+/m0/s1. The van der Waals surface area contributed by atoms with E-state index in [1.807, 2.05) is 55.5 Å². The van der Waals surface area contributed by atoms with Crippen molar-refractivity contribution in [1.82, 2.24) is 14.9 Å². The molecule has 1 aromatic heterocycles. The minimum Gasteiger partial charge on any atom is -0.465 e. The Morgan fingerprint density at radius 1 is 1.07 bits per heavy atom. The second-order valence-electron chi connectivity index (χ2n) is 11.6. The van der Waals surface area contributed by atoms with Gasteiger partial charge in [0.2, 0.25) is 15.9 Å². The predicted molar refractivity (Wildman–Crippen MR) is 168 cm³/mol. The van der Waals surface area contributed by atoms with Gasteiger partial charge in [-0.3, -0.25) is 4.79 Å². The van der Waals surface area contributed by atoms with Crippen molar-refractivity contribution in [2.75, 3.05) is 33.4 Å². The fourth-order valence-corrected chi connectivity index (χ4v) is 9.25. The van der Waals surface area contributed by atoms with Crippen molar-refractivity contribution >= 4 is 33.4 Å². The number of sulfonamides is 1. The first-order valence-corrected chi connectivity index (χ1v) is 17.0. The molecule has 1 saturated heterocycles. The van der Waals surface area contributed by atoms with E-state index in [2.05, 4.69) is 10.0 Å². The Morgan fingerprint density at radius 2 is 1.73 bits per heavy atom. The first-order chi connectivity index (χ1) is 21.0. The van der Waals surface area contributed by atoms with E-state index in [0.29, 0.717) is 11.5 Å². The van der Waals surface area contributed by atoms with E-state index in [1.165, 1.54) is 11.3 Å². The zero-order chi connectivity index (χ0) is 31.5. The molecule has 0 radical (unpaired) electrons. The van der Waals surface area contributed by atoms with E-state index in [9.17, 15) is 23.1 Å². The van der Waals surface area contributed by atoms with Crippen LogP contribution in [0.4, 0.5) is 4.79 Å². The van der Waals surface area contributed by atoms with Crippen molar-refractivity contribution in [1.29, 1.82) is 0 Å². The third-order valence-electron chi connectivity index (χ3n) is 8.49. The number of carboxylic acid groups (broad SMARTS) is 1. The Morgan fingerprint density at radius 3 is 2.32 bits per heavy atom. The van der Waals surface area contributed by atoms with Crippen molar-refractivity contribution in [3.05, 3.63) is 75.5 Å². The van der Waals surface area contributed by atoms with E-state index in [1.54, 1.807) is 20.1 Å². The van der Waals surface area contributed by atoms with Crippen LogP contribution in [0.3, 0.4) is 0 Å². The molecule has 3 heterocycles. The maximum atomic E-state index is 13.8. The van der Waals surface area contributed by atoms with Gasteiger partial charge in [0.15, 0.2) is 0 Å². The Hall–Kier alpha value is -3.45. The van der Waals surface area contributed by atoms with Crippen molar-refractivity contribution < 1.29 is 32.6 Å². The van der Waals surface area contributed by atoms with Gasteiger partial charge in [-0.2, -0.15) is 0 Å². The summed E-state index contributed by atoms with van der Waals surface area (Å²) in [5.41, 5.74) is 1.35. The van der Waals surface area contributed by atoms with Gasteiger partial charge in [0, 0.05) is 65.7 Å². The summed E-state index contributed by atoms with van der Waals surface area (Å²) in [6, 6.07) is 16.5. The number of unbranched alkanes of at least 4 members (excludes halogenated alkanes) is 1. The van der Waals surface area contributed by atoms with Crippen LogP contribution in [0.25, 0.3) is 0 Å². The van der Waals surface area contributed by atoms with Gasteiger partial charge < -0.3 is 24.8 Å². The Kier molecular flexibility index (Phi) is 9.64. The average Bonchev–Trinajstić information content (AvgIpc) is 3.36. The minimum atomic E-state index is -3.90. The number of nitrogens with one attached hydrogen (secondary N) is 2. The molecule has 2 amide bonds. The Bertz CT molecular complexity index is 1580. The molecular weight excluding hydrogens is 603 g/mol. The molecule has 5 rings (SSSR count). The monoisotopic (exact) mass is 641 g/mol. The number of ether oxygens (including phenoxy) is 2. The van der Waals surface area contributed by atoms with Crippen molar-refractivity contribution in [3.8, 4) is 11.5 Å². The van der Waals surface area contributed by atoms with Crippen LogP contribution in [0, 0.1) is 19.8 Å². The van der Waals surface area contributed by atoms with Crippen LogP contribution in [0.5, 0.6) is 11.5 Å². The van der Waals surface area contributed by atoms with Gasteiger partial charge in [-0.1, -0.05) is 36.4 Å². The fraction of sp³-hybridized carbons (Fsp3) is 0.438. The van der Waals surface area contributed by atoms with Crippen LogP contribution >= 0.6 is 11.3 Å². The summed E-state index contributed by atoms with van der Waals surface area (Å²) >= 11 is 1.38. The van der Waals surface area contributed by atoms with Crippen LogP contribution in [0.1, 0.15) is 46.6 Å². The zero-order valence-corrected chi connectivity index (χ0v) is 26.8. The number of para-hydroxylation sites is 2. The Labute approximate surface area is 262 Å². The number of piperidine rings is 1. The van der Waals surface area contributed by atoms with Gasteiger partial charge in [-0.15, -0.1) is 11.3 Å². The molecule has 236 valence electrons. The molecule has 10 nitrogen and oxygen atoms in total. The van der Waals surface area contributed by atoms with E-state index in [4.69, 9.17) is 9.47 Å². The maximum absolute atomic E-state index is 13.8. The van der Waals surface area contributed by atoms with E-state index < -0.39 is 33.5 Å². The molecule has 3 N–H and O–H groups in total. The lowest BCUT2D eigenvalue weighted by molar-refractivity contribution is -0.126. The predicted octanol–water partition coefficient (Wildman–Crippen LogP) is 5.04. The van der Waals surface area contributed by atoms with Gasteiger partial charge in [-0.05, 0) is 57.7 Å². The van der Waals surface area contributed by atoms with Crippen molar-refractivity contribution in [3.63, 3.8) is 0 Å². The van der Waals surface area contributed by atoms with Gasteiger partial charge in [0.1, 0.15) is 11.5 Å². The van der Waals surface area contributed by atoms with Gasteiger partial charge in [-0.25, -0.2) is 17.9 Å². The lowest BCUT2D eigenvalue weighted by Crippen LogP contribution is -2.56. The minimum absolute atomic E-state index is 0.0207. The molecule has 12 heteroatoms. The molecule has 0 aliphatic carbocycles. The van der Waals surface area contributed by atoms with E-state index in [0.717, 1.165) is 51.7 Å². The fourth-order valence-electron chi connectivity index (χ4n) is 6.46.